The zero-order chi connectivity index (χ0) is 19.8. The molecule has 28 heavy (non-hydrogen) atoms. The lowest BCUT2D eigenvalue weighted by Crippen LogP contribution is -2.20. The molecule has 3 rings (SSSR count). The molecule has 0 fully saturated rings. The summed E-state index contributed by atoms with van der Waals surface area (Å²) in [5, 5.41) is 5.56. The maximum absolute atomic E-state index is 12.3. The van der Waals surface area contributed by atoms with Crippen molar-refractivity contribution in [2.45, 2.75) is 6.54 Å². The van der Waals surface area contributed by atoms with Crippen LogP contribution in [-0.4, -0.2) is 16.8 Å². The second-order valence-electron chi connectivity index (χ2n) is 6.08. The molecule has 6 heteroatoms. The summed E-state index contributed by atoms with van der Waals surface area (Å²) in [5.41, 5.74) is 9.04. The third-order valence-electron chi connectivity index (χ3n) is 4.01. The Hall–Kier alpha value is -3.93. The van der Waals surface area contributed by atoms with Gasteiger partial charge in [0.1, 0.15) is 0 Å². The molecule has 0 radical (unpaired) electrons. The lowest BCUT2D eigenvalue weighted by atomic mass is 10.1. The largest absolute Gasteiger partial charge is 0.396 e. The molecule has 0 saturated heterocycles. The van der Waals surface area contributed by atoms with Crippen LogP contribution in [0.4, 0.5) is 11.4 Å². The van der Waals surface area contributed by atoms with Crippen LogP contribution >= 0.6 is 0 Å². The number of nitrogens with zero attached hydrogens (tertiary/aromatic N) is 1. The summed E-state index contributed by atoms with van der Waals surface area (Å²) < 4.78 is 0. The maximum Gasteiger partial charge on any atom is 0.255 e. The van der Waals surface area contributed by atoms with Crippen molar-refractivity contribution in [3.8, 4) is 0 Å². The second kappa shape index (κ2) is 9.14. The van der Waals surface area contributed by atoms with E-state index in [-0.39, 0.29) is 11.8 Å². The van der Waals surface area contributed by atoms with Gasteiger partial charge in [0.2, 0.25) is 5.91 Å². The van der Waals surface area contributed by atoms with Gasteiger partial charge in [-0.25, -0.2) is 0 Å². The van der Waals surface area contributed by atoms with Crippen molar-refractivity contribution in [1.82, 2.24) is 10.3 Å². The number of benzene rings is 2. The lowest BCUT2D eigenvalue weighted by molar-refractivity contribution is -0.116. The number of nitrogens with two attached hydrogens (primary N) is 1. The van der Waals surface area contributed by atoms with Gasteiger partial charge in [0, 0.05) is 24.4 Å². The van der Waals surface area contributed by atoms with E-state index in [0.29, 0.717) is 23.5 Å². The average Bonchev–Trinajstić information content (AvgIpc) is 2.73. The predicted molar refractivity (Wildman–Crippen MR) is 110 cm³/mol. The molecule has 6 nitrogen and oxygen atoms in total. The highest BCUT2D eigenvalue weighted by Crippen LogP contribution is 2.16. The van der Waals surface area contributed by atoms with Gasteiger partial charge in [0.05, 0.1) is 17.6 Å². The molecule has 0 saturated carbocycles. The van der Waals surface area contributed by atoms with E-state index in [1.807, 2.05) is 30.3 Å². The molecule has 0 aliphatic rings. The van der Waals surface area contributed by atoms with E-state index < -0.39 is 0 Å². The van der Waals surface area contributed by atoms with Crippen molar-refractivity contribution in [2.24, 2.45) is 0 Å². The average molecular weight is 372 g/mol. The third kappa shape index (κ3) is 5.28. The number of hydrogen-bond acceptors (Lipinski definition) is 4. The first-order chi connectivity index (χ1) is 13.6. The summed E-state index contributed by atoms with van der Waals surface area (Å²) in [5.74, 6) is -0.446. The highest BCUT2D eigenvalue weighted by Gasteiger charge is 2.08. The summed E-state index contributed by atoms with van der Waals surface area (Å²) in [6.45, 7) is 0.372. The van der Waals surface area contributed by atoms with Crippen LogP contribution in [0, 0.1) is 0 Å². The van der Waals surface area contributed by atoms with Gasteiger partial charge in [0.25, 0.3) is 5.91 Å². The molecule has 140 valence electrons. The number of pyridine rings is 1. The van der Waals surface area contributed by atoms with E-state index in [2.05, 4.69) is 15.6 Å². The van der Waals surface area contributed by atoms with E-state index in [1.54, 1.807) is 42.6 Å². The molecular weight excluding hydrogens is 352 g/mol. The fourth-order valence-corrected chi connectivity index (χ4v) is 2.47. The van der Waals surface area contributed by atoms with Crippen molar-refractivity contribution in [1.29, 1.82) is 0 Å². The monoisotopic (exact) mass is 372 g/mol. The molecule has 0 atom stereocenters. The zero-order valence-corrected chi connectivity index (χ0v) is 15.1. The Labute approximate surface area is 163 Å². The molecule has 3 aromatic rings. The van der Waals surface area contributed by atoms with E-state index in [4.69, 9.17) is 5.73 Å². The lowest BCUT2D eigenvalue weighted by Gasteiger charge is -2.08. The minimum absolute atomic E-state index is 0.182. The Morgan fingerprint density at radius 1 is 1.00 bits per heavy atom. The molecule has 0 bridgehead atoms. The summed E-state index contributed by atoms with van der Waals surface area (Å²) >= 11 is 0. The van der Waals surface area contributed by atoms with Crippen molar-refractivity contribution in [3.05, 3.63) is 95.8 Å². The van der Waals surface area contributed by atoms with E-state index in [0.717, 1.165) is 11.1 Å². The Balaban J connectivity index is 1.53. The van der Waals surface area contributed by atoms with Gasteiger partial charge in [-0.1, -0.05) is 42.5 Å². The molecular formula is C22H20N4O2. The van der Waals surface area contributed by atoms with Crippen molar-refractivity contribution in [2.75, 3.05) is 11.1 Å². The smallest absolute Gasteiger partial charge is 0.255 e. The number of nitrogens with one attached hydrogen (secondary N) is 2. The van der Waals surface area contributed by atoms with Crippen molar-refractivity contribution >= 4 is 29.3 Å². The maximum atomic E-state index is 12.3. The predicted octanol–water partition coefficient (Wildman–Crippen LogP) is 3.25. The van der Waals surface area contributed by atoms with Crippen molar-refractivity contribution in [3.63, 3.8) is 0 Å². The second-order valence-corrected chi connectivity index (χ2v) is 6.08. The molecule has 1 aromatic heterocycles. The number of rotatable bonds is 6. The molecule has 0 aliphatic carbocycles. The van der Waals surface area contributed by atoms with Crippen LogP contribution in [0.15, 0.2) is 79.1 Å². The first kappa shape index (κ1) is 18.8. The van der Waals surface area contributed by atoms with Gasteiger partial charge in [-0.3, -0.25) is 14.6 Å². The van der Waals surface area contributed by atoms with Crippen LogP contribution in [0.3, 0.4) is 0 Å². The number of carbonyl (C=O) groups is 2. The SMILES string of the molecule is Nc1cnccc1NC(=O)c1ccc(CNC(=O)/C=C/c2ccccc2)cc1. The topological polar surface area (TPSA) is 97.1 Å². The van der Waals surface area contributed by atoms with Crippen LogP contribution in [0.25, 0.3) is 6.08 Å². The standard InChI is InChI=1S/C22H20N4O2/c23-19-15-24-13-12-20(19)26-22(28)18-9-6-17(7-10-18)14-25-21(27)11-8-16-4-2-1-3-5-16/h1-13,15H,14,23H2,(H,25,27)(H,24,26,28)/b11-8+. The van der Waals surface area contributed by atoms with E-state index in [9.17, 15) is 9.59 Å². The van der Waals surface area contributed by atoms with Crippen LogP contribution in [0.2, 0.25) is 0 Å². The Morgan fingerprint density at radius 3 is 2.46 bits per heavy atom. The number of amides is 2. The summed E-state index contributed by atoms with van der Waals surface area (Å²) in [4.78, 5) is 28.1. The normalized spacial score (nSPS) is 10.6. The quantitative estimate of drug-likeness (QED) is 0.579. The molecule has 2 aromatic carbocycles. The Kier molecular flexibility index (Phi) is 6.15. The van der Waals surface area contributed by atoms with Crippen LogP contribution in [0.1, 0.15) is 21.5 Å². The summed E-state index contributed by atoms with van der Waals surface area (Å²) in [6.07, 6.45) is 6.29. The fraction of sp³-hybridized carbons (Fsp3) is 0.0455. The van der Waals surface area contributed by atoms with Crippen LogP contribution in [0.5, 0.6) is 0 Å². The molecule has 1 heterocycles. The zero-order valence-electron chi connectivity index (χ0n) is 15.1. The number of carbonyl (C=O) groups excluding carboxylic acids is 2. The van der Waals surface area contributed by atoms with Gasteiger partial charge in [-0.2, -0.15) is 0 Å². The number of hydrogen-bond donors (Lipinski definition) is 3. The van der Waals surface area contributed by atoms with Crippen LogP contribution in [-0.2, 0) is 11.3 Å². The fourth-order valence-electron chi connectivity index (χ4n) is 2.47. The highest BCUT2D eigenvalue weighted by atomic mass is 16.2. The Bertz CT molecular complexity index is 983. The van der Waals surface area contributed by atoms with E-state index >= 15 is 0 Å². The molecule has 0 aliphatic heterocycles. The summed E-state index contributed by atoms with van der Waals surface area (Å²) in [6, 6.07) is 18.2. The molecule has 0 spiro atoms. The Morgan fingerprint density at radius 2 is 1.75 bits per heavy atom. The number of aromatic nitrogens is 1. The van der Waals surface area contributed by atoms with Gasteiger partial charge >= 0.3 is 0 Å². The molecule has 2 amide bonds. The van der Waals surface area contributed by atoms with E-state index in [1.165, 1.54) is 12.3 Å². The third-order valence-corrected chi connectivity index (χ3v) is 4.01. The van der Waals surface area contributed by atoms with Gasteiger partial charge < -0.3 is 16.4 Å². The van der Waals surface area contributed by atoms with Crippen LogP contribution < -0.4 is 16.4 Å². The summed E-state index contributed by atoms with van der Waals surface area (Å²) in [7, 11) is 0. The molecule has 4 N–H and O–H groups in total. The first-order valence-corrected chi connectivity index (χ1v) is 8.72. The van der Waals surface area contributed by atoms with Gasteiger partial charge in [0.15, 0.2) is 0 Å². The van der Waals surface area contributed by atoms with Gasteiger partial charge in [-0.15, -0.1) is 0 Å². The van der Waals surface area contributed by atoms with Crippen molar-refractivity contribution < 1.29 is 9.59 Å². The number of nitrogen functional groups attached to an aromatic ring is 1. The molecule has 0 unspecified atom stereocenters. The highest BCUT2D eigenvalue weighted by molar-refractivity contribution is 6.05. The first-order valence-electron chi connectivity index (χ1n) is 8.72. The number of anilines is 2. The minimum Gasteiger partial charge on any atom is -0.396 e. The van der Waals surface area contributed by atoms with Gasteiger partial charge in [-0.05, 0) is 35.4 Å². The minimum atomic E-state index is -0.265.